The highest BCUT2D eigenvalue weighted by atomic mass is 16.5. The first-order valence-electron chi connectivity index (χ1n) is 13.7. The summed E-state index contributed by atoms with van der Waals surface area (Å²) in [5.74, 6) is 0.947. The Morgan fingerprint density at radius 1 is 0.950 bits per heavy atom. The van der Waals surface area contributed by atoms with Crippen LogP contribution in [0.1, 0.15) is 42.6 Å². The number of amides is 2. The maximum absolute atomic E-state index is 12.8. The van der Waals surface area contributed by atoms with Gasteiger partial charge in [0, 0.05) is 51.2 Å². The topological polar surface area (TPSA) is 111 Å². The highest BCUT2D eigenvalue weighted by Crippen LogP contribution is 2.22. The first kappa shape index (κ1) is 28.7. The van der Waals surface area contributed by atoms with Gasteiger partial charge < -0.3 is 19.7 Å². The third kappa shape index (κ3) is 8.90. The van der Waals surface area contributed by atoms with E-state index in [1.54, 1.807) is 18.5 Å². The summed E-state index contributed by atoms with van der Waals surface area (Å²) in [6, 6.07) is 18.4. The molecule has 1 atom stereocenters. The first-order chi connectivity index (χ1) is 19.5. The van der Waals surface area contributed by atoms with Crippen LogP contribution in [0.2, 0.25) is 0 Å². The molecule has 2 aromatic carbocycles. The summed E-state index contributed by atoms with van der Waals surface area (Å²) in [7, 11) is 1.32. The largest absolute Gasteiger partial charge is 0.489 e. The van der Waals surface area contributed by atoms with Crippen molar-refractivity contribution in [1.82, 2.24) is 20.2 Å². The Bertz CT molecular complexity index is 1230. The maximum atomic E-state index is 12.8. The average molecular weight is 545 g/mol. The standard InChI is InChI=1S/C31H36N4O5/c1-39-31(38)27(20-23-8-10-26(11-9-23)40-22-25-6-3-2-4-7-25)34-29(36)21-24-14-18-35(19-15-24)30(37)13-12-28-32-16-5-17-33-28/h2-11,16-17,24,27H,12-15,18-22H2,1H3,(H,34,36)/t27-/m0/s1. The fraction of sp³-hybridized carbons (Fsp3) is 0.387. The van der Waals surface area contributed by atoms with Crippen molar-refractivity contribution in [1.29, 1.82) is 0 Å². The quantitative estimate of drug-likeness (QED) is 0.348. The monoisotopic (exact) mass is 544 g/mol. The van der Waals surface area contributed by atoms with Crippen molar-refractivity contribution in [3.8, 4) is 5.75 Å². The summed E-state index contributed by atoms with van der Waals surface area (Å²) in [4.78, 5) is 48.0. The Kier molecular flexibility index (Phi) is 10.6. The number of methoxy groups -OCH3 is 1. The van der Waals surface area contributed by atoms with Crippen LogP contribution in [0, 0.1) is 5.92 Å². The van der Waals surface area contributed by atoms with E-state index in [9.17, 15) is 14.4 Å². The van der Waals surface area contributed by atoms with Crippen molar-refractivity contribution < 1.29 is 23.9 Å². The lowest BCUT2D eigenvalue weighted by Crippen LogP contribution is -2.44. The molecule has 3 aromatic rings. The van der Waals surface area contributed by atoms with Crippen LogP contribution in [0.5, 0.6) is 5.75 Å². The summed E-state index contributed by atoms with van der Waals surface area (Å²) in [5, 5.41) is 2.86. The van der Waals surface area contributed by atoms with E-state index in [0.29, 0.717) is 51.2 Å². The zero-order chi connectivity index (χ0) is 28.2. The highest BCUT2D eigenvalue weighted by Gasteiger charge is 2.27. The Morgan fingerprint density at radius 2 is 1.65 bits per heavy atom. The summed E-state index contributed by atoms with van der Waals surface area (Å²) in [6.07, 6.45) is 6.34. The third-order valence-corrected chi connectivity index (χ3v) is 7.06. The normalized spacial score (nSPS) is 14.3. The Balaban J connectivity index is 1.21. The molecule has 0 aliphatic carbocycles. The summed E-state index contributed by atoms with van der Waals surface area (Å²) in [5.41, 5.74) is 1.96. The van der Waals surface area contributed by atoms with Crippen LogP contribution in [-0.2, 0) is 38.6 Å². The van der Waals surface area contributed by atoms with Crippen molar-refractivity contribution in [3.63, 3.8) is 0 Å². The lowest BCUT2D eigenvalue weighted by atomic mass is 9.92. The molecule has 1 N–H and O–H groups in total. The average Bonchev–Trinajstić information content (AvgIpc) is 3.00. The number of carbonyl (C=O) groups excluding carboxylic acids is 3. The number of aryl methyl sites for hydroxylation is 1. The zero-order valence-electron chi connectivity index (χ0n) is 22.8. The van der Waals surface area contributed by atoms with Crippen LogP contribution in [0.15, 0.2) is 73.1 Å². The number of aromatic nitrogens is 2. The lowest BCUT2D eigenvalue weighted by molar-refractivity contribution is -0.145. The van der Waals surface area contributed by atoms with E-state index in [1.165, 1.54) is 7.11 Å². The molecule has 0 radical (unpaired) electrons. The summed E-state index contributed by atoms with van der Waals surface area (Å²) in [6.45, 7) is 1.70. The van der Waals surface area contributed by atoms with E-state index < -0.39 is 12.0 Å². The molecule has 210 valence electrons. The predicted molar refractivity (Wildman–Crippen MR) is 149 cm³/mol. The van der Waals surface area contributed by atoms with Gasteiger partial charge in [0.2, 0.25) is 11.8 Å². The van der Waals surface area contributed by atoms with Crippen LogP contribution in [0.4, 0.5) is 0 Å². The van der Waals surface area contributed by atoms with Gasteiger partial charge in [0.1, 0.15) is 24.2 Å². The number of nitrogens with zero attached hydrogens (tertiary/aromatic N) is 3. The van der Waals surface area contributed by atoms with Crippen LogP contribution in [0.3, 0.4) is 0 Å². The number of esters is 1. The number of ether oxygens (including phenoxy) is 2. The number of piperidine rings is 1. The molecule has 0 bridgehead atoms. The van der Waals surface area contributed by atoms with Crippen LogP contribution < -0.4 is 10.1 Å². The van der Waals surface area contributed by atoms with Gasteiger partial charge >= 0.3 is 5.97 Å². The molecule has 4 rings (SSSR count). The minimum atomic E-state index is -0.782. The molecule has 0 unspecified atom stereocenters. The van der Waals surface area contributed by atoms with Gasteiger partial charge in [-0.15, -0.1) is 0 Å². The molecular weight excluding hydrogens is 508 g/mol. The highest BCUT2D eigenvalue weighted by molar-refractivity contribution is 5.84. The molecule has 0 saturated carbocycles. The van der Waals surface area contributed by atoms with Crippen molar-refractivity contribution in [2.45, 2.75) is 51.2 Å². The Labute approximate surface area is 234 Å². The van der Waals surface area contributed by atoms with Crippen LogP contribution in [0.25, 0.3) is 0 Å². The van der Waals surface area contributed by atoms with Gasteiger partial charge in [-0.3, -0.25) is 9.59 Å². The maximum Gasteiger partial charge on any atom is 0.328 e. The molecule has 40 heavy (non-hydrogen) atoms. The lowest BCUT2D eigenvalue weighted by Gasteiger charge is -2.32. The fourth-order valence-corrected chi connectivity index (χ4v) is 4.77. The van der Waals surface area contributed by atoms with Gasteiger partial charge in [0.05, 0.1) is 7.11 Å². The predicted octanol–water partition coefficient (Wildman–Crippen LogP) is 3.52. The Hall–Kier alpha value is -4.27. The van der Waals surface area contributed by atoms with Crippen LogP contribution in [-0.4, -0.2) is 58.9 Å². The first-order valence-corrected chi connectivity index (χ1v) is 13.7. The second kappa shape index (κ2) is 14.8. The third-order valence-electron chi connectivity index (χ3n) is 7.06. The van der Waals surface area contributed by atoms with E-state index in [-0.39, 0.29) is 17.7 Å². The second-order valence-electron chi connectivity index (χ2n) is 9.96. The van der Waals surface area contributed by atoms with Crippen LogP contribution >= 0.6 is 0 Å². The molecule has 2 heterocycles. The van der Waals surface area contributed by atoms with Gasteiger partial charge in [-0.1, -0.05) is 42.5 Å². The van der Waals surface area contributed by atoms with Gasteiger partial charge in [0.15, 0.2) is 0 Å². The van der Waals surface area contributed by atoms with E-state index >= 15 is 0 Å². The van der Waals surface area contributed by atoms with E-state index in [1.807, 2.05) is 59.5 Å². The Morgan fingerprint density at radius 3 is 2.33 bits per heavy atom. The number of benzene rings is 2. The van der Waals surface area contributed by atoms with Gasteiger partial charge in [-0.2, -0.15) is 0 Å². The number of carbonyl (C=O) groups is 3. The smallest absolute Gasteiger partial charge is 0.328 e. The van der Waals surface area contributed by atoms with E-state index in [4.69, 9.17) is 9.47 Å². The van der Waals surface area contributed by atoms with Gasteiger partial charge in [-0.25, -0.2) is 14.8 Å². The number of hydrogen-bond acceptors (Lipinski definition) is 7. The molecular formula is C31H36N4O5. The molecule has 9 heteroatoms. The van der Waals surface area contributed by atoms with Gasteiger partial charge in [0.25, 0.3) is 0 Å². The fourth-order valence-electron chi connectivity index (χ4n) is 4.77. The number of hydrogen-bond donors (Lipinski definition) is 1. The molecule has 1 aliphatic heterocycles. The summed E-state index contributed by atoms with van der Waals surface area (Å²) < 4.78 is 10.8. The zero-order valence-corrected chi connectivity index (χ0v) is 22.8. The van der Waals surface area contributed by atoms with Gasteiger partial charge in [-0.05, 0) is 48.1 Å². The molecule has 2 amide bonds. The number of rotatable bonds is 12. The SMILES string of the molecule is COC(=O)[C@H](Cc1ccc(OCc2ccccc2)cc1)NC(=O)CC1CCN(C(=O)CCc2ncccn2)CC1. The van der Waals surface area contributed by atoms with E-state index in [2.05, 4.69) is 15.3 Å². The van der Waals surface area contributed by atoms with Crippen molar-refractivity contribution in [3.05, 3.63) is 90.0 Å². The molecule has 1 aliphatic rings. The second-order valence-corrected chi connectivity index (χ2v) is 9.96. The molecule has 9 nitrogen and oxygen atoms in total. The number of nitrogens with one attached hydrogen (secondary N) is 1. The molecule has 1 aromatic heterocycles. The number of likely N-dealkylation sites (tertiary alicyclic amines) is 1. The van der Waals surface area contributed by atoms with Crippen molar-refractivity contribution in [2.24, 2.45) is 5.92 Å². The molecule has 1 fully saturated rings. The summed E-state index contributed by atoms with van der Waals surface area (Å²) >= 11 is 0. The minimum absolute atomic E-state index is 0.0811. The van der Waals surface area contributed by atoms with Crippen molar-refractivity contribution in [2.75, 3.05) is 20.2 Å². The van der Waals surface area contributed by atoms with E-state index in [0.717, 1.165) is 29.7 Å². The molecule has 1 saturated heterocycles. The van der Waals surface area contributed by atoms with Crippen molar-refractivity contribution >= 4 is 17.8 Å². The minimum Gasteiger partial charge on any atom is -0.489 e. The molecule has 0 spiro atoms.